The van der Waals surface area contributed by atoms with Gasteiger partial charge in [0.05, 0.1) is 31.1 Å². The molecule has 6 rings (SSSR count). The van der Waals surface area contributed by atoms with E-state index in [-0.39, 0.29) is 61.2 Å². The maximum Gasteiger partial charge on any atom is 0.320 e. The van der Waals surface area contributed by atoms with Gasteiger partial charge in [0.1, 0.15) is 11.4 Å². The van der Waals surface area contributed by atoms with Crippen molar-refractivity contribution in [2.45, 2.75) is 56.5 Å². The number of anilines is 1. The zero-order valence-corrected chi connectivity index (χ0v) is 28.5. The van der Waals surface area contributed by atoms with Crippen molar-refractivity contribution < 1.29 is 27.8 Å². The largest absolute Gasteiger partial charge is 0.480 e. The summed E-state index contributed by atoms with van der Waals surface area (Å²) in [5, 5.41) is 14.1. The fraction of sp³-hybridized carbons (Fsp3) is 0.405. The first-order valence-corrected chi connectivity index (χ1v) is 16.9. The number of hydrogen-bond donors (Lipinski definition) is 3. The number of methoxy groups -OCH3 is 2. The number of hydrogen-bond acceptors (Lipinski definition) is 7. The number of para-hydroxylation sites is 1. The molecule has 1 aliphatic heterocycles. The number of rotatable bonds is 11. The summed E-state index contributed by atoms with van der Waals surface area (Å²) < 4.78 is 39.8. The summed E-state index contributed by atoms with van der Waals surface area (Å²) in [4.78, 5) is 33.9. The molecule has 3 N–H and O–H groups in total. The second-order valence-corrected chi connectivity index (χ2v) is 12.9. The molecule has 4 aromatic rings. The molecule has 1 aliphatic carbocycles. The van der Waals surface area contributed by atoms with Crippen molar-refractivity contribution in [3.8, 4) is 22.8 Å². The summed E-state index contributed by atoms with van der Waals surface area (Å²) in [7, 11) is 3.10. The summed E-state index contributed by atoms with van der Waals surface area (Å²) in [6.45, 7) is 4.66. The van der Waals surface area contributed by atoms with Gasteiger partial charge in [0.25, 0.3) is 5.91 Å². The van der Waals surface area contributed by atoms with E-state index in [9.17, 15) is 18.4 Å². The number of urea groups is 1. The van der Waals surface area contributed by atoms with E-state index in [1.54, 1.807) is 24.1 Å². The molecule has 11 nitrogen and oxygen atoms in total. The molecule has 1 saturated carbocycles. The fourth-order valence-corrected chi connectivity index (χ4v) is 6.81. The number of carbonyl (C=O) groups excluding carboxylic acids is 2. The number of aromatic nitrogens is 3. The minimum Gasteiger partial charge on any atom is -0.480 e. The van der Waals surface area contributed by atoms with E-state index >= 15 is 0 Å². The zero-order chi connectivity index (χ0) is 35.3. The number of pyridine rings is 1. The molecule has 2 aliphatic rings. The van der Waals surface area contributed by atoms with Gasteiger partial charge in [0.15, 0.2) is 0 Å². The van der Waals surface area contributed by atoms with Crippen LogP contribution in [0.3, 0.4) is 0 Å². The Hall–Kier alpha value is -4.88. The highest BCUT2D eigenvalue weighted by molar-refractivity contribution is 5.98. The number of benzene rings is 2. The van der Waals surface area contributed by atoms with Crippen LogP contribution < -0.4 is 20.7 Å². The van der Waals surface area contributed by atoms with Crippen molar-refractivity contribution in [3.63, 3.8) is 0 Å². The summed E-state index contributed by atoms with van der Waals surface area (Å²) >= 11 is 0. The molecule has 13 heteroatoms. The second-order valence-electron chi connectivity index (χ2n) is 12.9. The van der Waals surface area contributed by atoms with Crippen molar-refractivity contribution >= 4 is 17.8 Å². The van der Waals surface area contributed by atoms with Gasteiger partial charge >= 0.3 is 6.03 Å². The quantitative estimate of drug-likeness (QED) is 0.182. The average Bonchev–Trinajstić information content (AvgIpc) is 3.68. The number of likely N-dealkylation sites (tertiary alicyclic amines) is 1. The highest BCUT2D eigenvalue weighted by Gasteiger charge is 2.37. The van der Waals surface area contributed by atoms with Crippen molar-refractivity contribution in [1.82, 2.24) is 30.3 Å². The Balaban J connectivity index is 1.27. The third-order valence-corrected chi connectivity index (χ3v) is 9.52. The minimum atomic E-state index is -2.71. The van der Waals surface area contributed by atoms with Crippen molar-refractivity contribution in [2.24, 2.45) is 0 Å². The fourth-order valence-electron chi connectivity index (χ4n) is 6.81. The molecule has 0 bridgehead atoms. The Bertz CT molecular complexity index is 1780. The van der Waals surface area contributed by atoms with E-state index in [4.69, 9.17) is 14.6 Å². The first kappa shape index (κ1) is 35.0. The van der Waals surface area contributed by atoms with Gasteiger partial charge in [-0.15, -0.1) is 0 Å². The molecule has 264 valence electrons. The Morgan fingerprint density at radius 2 is 1.68 bits per heavy atom. The SMILES string of the molecule is COCCN1C[C@@H](NC(=O)Nc2c(C)c(-c3cnc(OC)c(C(=O)NC4CCC(F)(F)CC4)c3)nn2-c2ccccc2)[C@H](c2ccccc2)C1. The predicted molar refractivity (Wildman–Crippen MR) is 186 cm³/mol. The lowest BCUT2D eigenvalue weighted by Gasteiger charge is -2.28. The van der Waals surface area contributed by atoms with E-state index in [2.05, 4.69) is 38.0 Å². The normalized spacial score (nSPS) is 19.2. The van der Waals surface area contributed by atoms with Gasteiger partial charge in [-0.1, -0.05) is 48.5 Å². The van der Waals surface area contributed by atoms with Crippen LogP contribution in [0.15, 0.2) is 72.9 Å². The first-order chi connectivity index (χ1) is 24.2. The van der Waals surface area contributed by atoms with Crippen LogP contribution in [0, 0.1) is 6.92 Å². The first-order valence-electron chi connectivity index (χ1n) is 16.9. The van der Waals surface area contributed by atoms with Crippen LogP contribution >= 0.6 is 0 Å². The maximum atomic E-state index is 13.8. The van der Waals surface area contributed by atoms with Crippen LogP contribution in [0.25, 0.3) is 16.9 Å². The Labute approximate surface area is 290 Å². The van der Waals surface area contributed by atoms with E-state index in [0.29, 0.717) is 35.8 Å². The van der Waals surface area contributed by atoms with Crippen LogP contribution in [-0.4, -0.2) is 90.1 Å². The van der Waals surface area contributed by atoms with Crippen molar-refractivity contribution in [2.75, 3.05) is 45.8 Å². The van der Waals surface area contributed by atoms with Gasteiger partial charge in [-0.05, 0) is 43.5 Å². The number of carbonyl (C=O) groups is 2. The monoisotopic (exact) mass is 687 g/mol. The molecule has 0 unspecified atom stereocenters. The standard InChI is InChI=1S/C37H43F2N7O4/c1-24-32(26-20-29(35(50-3)40-21-26)34(47)41-27-14-16-37(38,39)17-15-27)44-46(28-12-8-5-9-13-28)33(24)43-36(48)42-31-23-45(18-19-49-2)22-30(31)25-10-6-4-7-11-25/h4-13,20-21,27,30-31H,14-19,22-23H2,1-3H3,(H,41,47)(H2,42,43,48)/t30-,31+/m0/s1. The Morgan fingerprint density at radius 1 is 0.980 bits per heavy atom. The van der Waals surface area contributed by atoms with Gasteiger partial charge in [-0.3, -0.25) is 15.0 Å². The number of nitrogens with one attached hydrogen (secondary N) is 3. The highest BCUT2D eigenvalue weighted by atomic mass is 19.3. The second kappa shape index (κ2) is 15.3. The summed E-state index contributed by atoms with van der Waals surface area (Å²) in [5.41, 5.74) is 3.72. The molecular weight excluding hydrogens is 644 g/mol. The number of alkyl halides is 2. The van der Waals surface area contributed by atoms with Gasteiger partial charge < -0.3 is 20.1 Å². The molecule has 2 aromatic carbocycles. The van der Waals surface area contributed by atoms with Gasteiger partial charge in [-0.2, -0.15) is 5.10 Å². The summed E-state index contributed by atoms with van der Waals surface area (Å²) in [6.07, 6.45) is 1.38. The smallest absolute Gasteiger partial charge is 0.320 e. The molecule has 50 heavy (non-hydrogen) atoms. The highest BCUT2D eigenvalue weighted by Crippen LogP contribution is 2.35. The molecule has 3 amide bonds. The van der Waals surface area contributed by atoms with Crippen molar-refractivity contribution in [1.29, 1.82) is 0 Å². The number of nitrogens with zero attached hydrogens (tertiary/aromatic N) is 4. The summed E-state index contributed by atoms with van der Waals surface area (Å²) in [6, 6.07) is 20.3. The topological polar surface area (TPSA) is 123 Å². The van der Waals surface area contributed by atoms with Gasteiger partial charge in [0.2, 0.25) is 11.8 Å². The van der Waals surface area contributed by atoms with Crippen LogP contribution in [0.2, 0.25) is 0 Å². The van der Waals surface area contributed by atoms with E-state index in [1.807, 2.05) is 55.5 Å². The maximum absolute atomic E-state index is 13.8. The number of halogens is 2. The third kappa shape index (κ3) is 7.95. The van der Waals surface area contributed by atoms with Crippen LogP contribution in [0.4, 0.5) is 19.4 Å². The molecule has 0 spiro atoms. The van der Waals surface area contributed by atoms with Gasteiger partial charge in [0, 0.05) is 68.9 Å². The van der Waals surface area contributed by atoms with Crippen LogP contribution in [0.1, 0.15) is 53.1 Å². The van der Waals surface area contributed by atoms with Gasteiger partial charge in [-0.25, -0.2) is 23.2 Å². The molecular formula is C37H43F2N7O4. The molecule has 0 radical (unpaired) electrons. The Kier molecular flexibility index (Phi) is 10.7. The molecule has 2 fully saturated rings. The van der Waals surface area contributed by atoms with E-state index in [0.717, 1.165) is 24.3 Å². The molecule has 2 aromatic heterocycles. The number of ether oxygens (including phenoxy) is 2. The lowest BCUT2D eigenvalue weighted by Crippen LogP contribution is -2.42. The Morgan fingerprint density at radius 3 is 2.36 bits per heavy atom. The summed E-state index contributed by atoms with van der Waals surface area (Å²) in [5.74, 6) is -2.51. The van der Waals surface area contributed by atoms with Crippen LogP contribution in [-0.2, 0) is 4.74 Å². The van der Waals surface area contributed by atoms with E-state index < -0.39 is 11.8 Å². The molecule has 3 heterocycles. The number of amides is 3. The predicted octanol–water partition coefficient (Wildman–Crippen LogP) is 5.79. The molecule has 1 saturated heterocycles. The zero-order valence-electron chi connectivity index (χ0n) is 28.5. The van der Waals surface area contributed by atoms with Crippen LogP contribution in [0.5, 0.6) is 5.88 Å². The van der Waals surface area contributed by atoms with Crippen molar-refractivity contribution in [3.05, 3.63) is 89.6 Å². The minimum absolute atomic E-state index is 0.0922. The average molecular weight is 688 g/mol. The molecule has 2 atom stereocenters. The van der Waals surface area contributed by atoms with E-state index in [1.165, 1.54) is 7.11 Å². The third-order valence-electron chi connectivity index (χ3n) is 9.52. The lowest BCUT2D eigenvalue weighted by atomic mass is 9.92. The lowest BCUT2D eigenvalue weighted by molar-refractivity contribution is -0.0399.